The molecule has 0 spiro atoms. The fourth-order valence-corrected chi connectivity index (χ4v) is 1.95. The highest BCUT2D eigenvalue weighted by molar-refractivity contribution is 5.75. The molecule has 0 unspecified atom stereocenters. The first-order valence-electron chi connectivity index (χ1n) is 6.32. The van der Waals surface area contributed by atoms with Crippen molar-refractivity contribution in [1.82, 2.24) is 10.2 Å². The minimum atomic E-state index is -4.40. The van der Waals surface area contributed by atoms with Gasteiger partial charge in [0.05, 0.1) is 0 Å². The number of carbonyl (C=O) groups excluding carboxylic acids is 1. The lowest BCUT2D eigenvalue weighted by Gasteiger charge is -2.36. The fourth-order valence-electron chi connectivity index (χ4n) is 1.95. The third kappa shape index (κ3) is 6.13. The summed E-state index contributed by atoms with van der Waals surface area (Å²) >= 11 is 0. The lowest BCUT2D eigenvalue weighted by molar-refractivity contribution is -0.147. The number of rotatable bonds is 2. The number of hydrogen-bond acceptors (Lipinski definition) is 2. The van der Waals surface area contributed by atoms with Gasteiger partial charge in [-0.2, -0.15) is 13.2 Å². The summed E-state index contributed by atoms with van der Waals surface area (Å²) in [7, 11) is 0. The smallest absolute Gasteiger partial charge is 0.381 e. The molecule has 1 rings (SSSR count). The molecule has 0 aromatic rings. The fraction of sp³-hybridized carbons (Fsp3) is 0.917. The van der Waals surface area contributed by atoms with Crippen molar-refractivity contribution in [3.05, 3.63) is 0 Å². The van der Waals surface area contributed by atoms with Crippen molar-refractivity contribution in [3.63, 3.8) is 0 Å². The number of carbonyl (C=O) groups is 1. The maximum absolute atomic E-state index is 12.6. The molecule has 1 heterocycles. The molecular weight excluding hydrogens is 261 g/mol. The van der Waals surface area contributed by atoms with Gasteiger partial charge < -0.3 is 15.0 Å². The van der Waals surface area contributed by atoms with Crippen molar-refractivity contribution in [2.45, 2.75) is 51.4 Å². The Morgan fingerprint density at radius 2 is 1.79 bits per heavy atom. The molecule has 1 aliphatic heterocycles. The molecule has 1 aliphatic rings. The van der Waals surface area contributed by atoms with Crippen molar-refractivity contribution < 1.29 is 22.7 Å². The molecule has 0 atom stereocenters. The normalized spacial score (nSPS) is 18.2. The zero-order valence-corrected chi connectivity index (χ0v) is 11.5. The van der Waals surface area contributed by atoms with Gasteiger partial charge in [-0.1, -0.05) is 0 Å². The Kier molecular flexibility index (Phi) is 5.06. The molecule has 112 valence electrons. The first kappa shape index (κ1) is 16.1. The predicted octanol–water partition coefficient (Wildman–Crippen LogP) is 2.54. The molecule has 1 saturated heterocycles. The van der Waals surface area contributed by atoms with Crippen molar-refractivity contribution in [2.75, 3.05) is 19.8 Å². The number of hydrogen-bond donors (Lipinski definition) is 1. The van der Waals surface area contributed by atoms with Crippen molar-refractivity contribution in [1.29, 1.82) is 0 Å². The van der Waals surface area contributed by atoms with E-state index in [2.05, 4.69) is 5.32 Å². The number of alkyl halides is 3. The third-order valence-corrected chi connectivity index (χ3v) is 2.72. The molecule has 2 amide bonds. The zero-order chi connectivity index (χ0) is 14.7. The van der Waals surface area contributed by atoms with E-state index in [1.807, 2.05) is 0 Å². The largest absolute Gasteiger partial charge is 0.406 e. The summed E-state index contributed by atoms with van der Waals surface area (Å²) in [5, 5.41) is 2.59. The minimum absolute atomic E-state index is 0.391. The van der Waals surface area contributed by atoms with Gasteiger partial charge in [0.15, 0.2) is 0 Å². The SMILES string of the molecule is CC(C)(C)NC(=O)N(CC(F)(F)F)C1CCOCC1. The number of halogens is 3. The van der Waals surface area contributed by atoms with Crippen LogP contribution in [0.2, 0.25) is 0 Å². The summed E-state index contributed by atoms with van der Waals surface area (Å²) < 4.78 is 42.9. The van der Waals surface area contributed by atoms with Crippen LogP contribution in [0.1, 0.15) is 33.6 Å². The third-order valence-electron chi connectivity index (χ3n) is 2.72. The average Bonchev–Trinajstić information content (AvgIpc) is 2.23. The molecule has 0 aromatic heterocycles. The highest BCUT2D eigenvalue weighted by atomic mass is 19.4. The summed E-state index contributed by atoms with van der Waals surface area (Å²) in [6.07, 6.45) is -3.52. The Morgan fingerprint density at radius 3 is 2.21 bits per heavy atom. The number of nitrogens with one attached hydrogen (secondary N) is 1. The van der Waals surface area contributed by atoms with Gasteiger partial charge in [-0.25, -0.2) is 4.79 Å². The molecule has 0 radical (unpaired) electrons. The molecule has 1 fully saturated rings. The van der Waals surface area contributed by atoms with Gasteiger partial charge in [0.2, 0.25) is 0 Å². The summed E-state index contributed by atoms with van der Waals surface area (Å²) in [4.78, 5) is 12.9. The van der Waals surface area contributed by atoms with Crippen LogP contribution in [0.5, 0.6) is 0 Å². The van der Waals surface area contributed by atoms with Crippen LogP contribution in [0, 0.1) is 0 Å². The van der Waals surface area contributed by atoms with E-state index in [9.17, 15) is 18.0 Å². The van der Waals surface area contributed by atoms with Crippen molar-refractivity contribution in [3.8, 4) is 0 Å². The van der Waals surface area contributed by atoms with Crippen LogP contribution in [-0.2, 0) is 4.74 Å². The molecule has 0 bridgehead atoms. The lowest BCUT2D eigenvalue weighted by Crippen LogP contribution is -2.55. The van der Waals surface area contributed by atoms with E-state index in [1.165, 1.54) is 0 Å². The van der Waals surface area contributed by atoms with E-state index in [0.717, 1.165) is 4.90 Å². The van der Waals surface area contributed by atoms with Gasteiger partial charge in [0.1, 0.15) is 6.54 Å². The Bertz CT molecular complexity index is 307. The number of nitrogens with zero attached hydrogens (tertiary/aromatic N) is 1. The summed E-state index contributed by atoms with van der Waals surface area (Å²) in [6.45, 7) is 4.77. The molecule has 4 nitrogen and oxygen atoms in total. The van der Waals surface area contributed by atoms with Gasteiger partial charge >= 0.3 is 12.2 Å². The Hall–Kier alpha value is -0.980. The molecule has 7 heteroatoms. The highest BCUT2D eigenvalue weighted by Gasteiger charge is 2.37. The number of ether oxygens (including phenoxy) is 1. The lowest BCUT2D eigenvalue weighted by atomic mass is 10.1. The van der Waals surface area contributed by atoms with Gasteiger partial charge in [-0.15, -0.1) is 0 Å². The molecule has 0 aromatic carbocycles. The van der Waals surface area contributed by atoms with E-state index in [0.29, 0.717) is 26.1 Å². The van der Waals surface area contributed by atoms with Crippen molar-refractivity contribution >= 4 is 6.03 Å². The first-order valence-corrected chi connectivity index (χ1v) is 6.32. The number of urea groups is 1. The summed E-state index contributed by atoms with van der Waals surface area (Å²) in [5.41, 5.74) is -0.563. The average molecular weight is 282 g/mol. The van der Waals surface area contributed by atoms with Crippen LogP contribution in [0.25, 0.3) is 0 Å². The maximum Gasteiger partial charge on any atom is 0.406 e. The van der Waals surface area contributed by atoms with Crippen LogP contribution in [0.4, 0.5) is 18.0 Å². The second-order valence-electron chi connectivity index (χ2n) is 5.77. The van der Waals surface area contributed by atoms with E-state index in [-0.39, 0.29) is 0 Å². The summed E-state index contributed by atoms with van der Waals surface area (Å²) in [6, 6.07) is -1.09. The van der Waals surface area contributed by atoms with Crippen LogP contribution >= 0.6 is 0 Å². The second kappa shape index (κ2) is 5.98. The Labute approximate surface area is 111 Å². The summed E-state index contributed by atoms with van der Waals surface area (Å²) in [5.74, 6) is 0. The Balaban J connectivity index is 2.76. The van der Waals surface area contributed by atoms with Gasteiger partial charge in [-0.05, 0) is 33.6 Å². The monoisotopic (exact) mass is 282 g/mol. The van der Waals surface area contributed by atoms with Crippen LogP contribution in [-0.4, -0.2) is 48.4 Å². The number of amides is 2. The van der Waals surface area contributed by atoms with Crippen molar-refractivity contribution in [2.24, 2.45) is 0 Å². The molecule has 1 N–H and O–H groups in total. The zero-order valence-electron chi connectivity index (χ0n) is 11.5. The highest BCUT2D eigenvalue weighted by Crippen LogP contribution is 2.22. The minimum Gasteiger partial charge on any atom is -0.381 e. The van der Waals surface area contributed by atoms with E-state index < -0.39 is 30.3 Å². The van der Waals surface area contributed by atoms with Crippen LogP contribution in [0.15, 0.2) is 0 Å². The predicted molar refractivity (Wildman–Crippen MR) is 64.9 cm³/mol. The topological polar surface area (TPSA) is 41.6 Å². The van der Waals surface area contributed by atoms with E-state index in [4.69, 9.17) is 4.74 Å². The second-order valence-corrected chi connectivity index (χ2v) is 5.77. The first-order chi connectivity index (χ1) is 8.58. The molecule has 19 heavy (non-hydrogen) atoms. The Morgan fingerprint density at radius 1 is 1.26 bits per heavy atom. The molecular formula is C12H21F3N2O2. The van der Waals surface area contributed by atoms with Gasteiger partial charge in [0.25, 0.3) is 0 Å². The standard InChI is InChI=1S/C12H21F3N2O2/c1-11(2,3)16-10(18)17(8-12(13,14)15)9-4-6-19-7-5-9/h9H,4-8H2,1-3H3,(H,16,18). The van der Waals surface area contributed by atoms with Crippen LogP contribution < -0.4 is 5.32 Å². The van der Waals surface area contributed by atoms with Gasteiger partial charge in [-0.3, -0.25) is 0 Å². The molecule has 0 saturated carbocycles. The maximum atomic E-state index is 12.6. The quantitative estimate of drug-likeness (QED) is 0.845. The van der Waals surface area contributed by atoms with E-state index >= 15 is 0 Å². The van der Waals surface area contributed by atoms with Crippen LogP contribution in [0.3, 0.4) is 0 Å². The van der Waals surface area contributed by atoms with Gasteiger partial charge in [0, 0.05) is 24.8 Å². The molecule has 0 aliphatic carbocycles. The van der Waals surface area contributed by atoms with E-state index in [1.54, 1.807) is 20.8 Å².